The number of hydrogen-bond acceptors (Lipinski definition) is 3. The molecule has 5 heteroatoms. The molecule has 0 N–H and O–H groups in total. The van der Waals surface area contributed by atoms with Crippen molar-refractivity contribution in [2.45, 2.75) is 12.3 Å². The summed E-state index contributed by atoms with van der Waals surface area (Å²) in [7, 11) is 0. The molecule has 2 aromatic carbocycles. The van der Waals surface area contributed by atoms with Gasteiger partial charge in [0.05, 0.1) is 4.91 Å². The highest BCUT2D eigenvalue weighted by Crippen LogP contribution is 2.48. The van der Waals surface area contributed by atoms with Crippen molar-refractivity contribution in [2.24, 2.45) is 0 Å². The Balaban J connectivity index is 1.77. The summed E-state index contributed by atoms with van der Waals surface area (Å²) >= 11 is 9.26. The van der Waals surface area contributed by atoms with Crippen LogP contribution in [0.2, 0.25) is 5.02 Å². The van der Waals surface area contributed by atoms with Gasteiger partial charge in [-0.2, -0.15) is 0 Å². The first-order valence-electron chi connectivity index (χ1n) is 8.19. The summed E-state index contributed by atoms with van der Waals surface area (Å²) in [6.07, 6.45) is 1.98. The number of carbonyl (C=O) groups is 1. The van der Waals surface area contributed by atoms with Crippen LogP contribution in [0.1, 0.15) is 21.4 Å². The zero-order valence-corrected chi connectivity index (χ0v) is 16.4. The van der Waals surface area contributed by atoms with E-state index in [1.165, 1.54) is 5.56 Å². The molecule has 0 saturated carbocycles. The number of hydrogen-bond donors (Lipinski definition) is 0. The molecule has 0 unspecified atom stereocenters. The maximum absolute atomic E-state index is 13.2. The van der Waals surface area contributed by atoms with E-state index in [1.807, 2.05) is 83.9 Å². The Bertz CT molecular complexity index is 947. The van der Waals surface area contributed by atoms with Crippen molar-refractivity contribution in [3.63, 3.8) is 0 Å². The van der Waals surface area contributed by atoms with Crippen molar-refractivity contribution >= 4 is 52.4 Å². The van der Waals surface area contributed by atoms with E-state index >= 15 is 0 Å². The van der Waals surface area contributed by atoms with E-state index in [2.05, 4.69) is 0 Å². The third kappa shape index (κ3) is 3.45. The van der Waals surface area contributed by atoms with Gasteiger partial charge in [0.15, 0.2) is 0 Å². The Labute approximate surface area is 166 Å². The predicted molar refractivity (Wildman–Crippen MR) is 113 cm³/mol. The van der Waals surface area contributed by atoms with Gasteiger partial charge in [0.1, 0.15) is 5.37 Å². The lowest BCUT2D eigenvalue weighted by Gasteiger charge is -2.24. The van der Waals surface area contributed by atoms with Crippen molar-refractivity contribution in [3.05, 3.63) is 92.0 Å². The minimum Gasteiger partial charge on any atom is -0.291 e. The molecule has 1 amide bonds. The van der Waals surface area contributed by atoms with Crippen LogP contribution in [0.3, 0.4) is 0 Å². The molecule has 1 aromatic heterocycles. The molecular formula is C21H16ClNOS2. The number of aryl methyl sites for hydroxylation is 1. The zero-order valence-electron chi connectivity index (χ0n) is 14.1. The maximum atomic E-state index is 13.2. The van der Waals surface area contributed by atoms with E-state index in [0.717, 1.165) is 21.0 Å². The first kappa shape index (κ1) is 17.4. The Hall–Kier alpha value is -2.01. The summed E-state index contributed by atoms with van der Waals surface area (Å²) in [5.74, 6) is 0.0344. The predicted octanol–water partition coefficient (Wildman–Crippen LogP) is 6.53. The fourth-order valence-electron chi connectivity index (χ4n) is 2.85. The maximum Gasteiger partial charge on any atom is 0.266 e. The summed E-state index contributed by atoms with van der Waals surface area (Å²) in [6.45, 7) is 2.04. The molecule has 1 fully saturated rings. The van der Waals surface area contributed by atoms with Gasteiger partial charge in [-0.1, -0.05) is 59.3 Å². The van der Waals surface area contributed by atoms with Crippen molar-refractivity contribution in [1.82, 2.24) is 0 Å². The summed E-state index contributed by atoms with van der Waals surface area (Å²) in [4.78, 5) is 16.9. The number of carbonyl (C=O) groups excluding carboxylic acids is 1. The van der Waals surface area contributed by atoms with Gasteiger partial charge in [0, 0.05) is 15.6 Å². The van der Waals surface area contributed by atoms with E-state index < -0.39 is 0 Å². The molecule has 1 aliphatic rings. The van der Waals surface area contributed by atoms with Crippen LogP contribution in [0.4, 0.5) is 5.69 Å². The SMILES string of the molecule is Cc1ccc(N2C(=O)/C(=C\c3cccs3)S[C@H]2c2ccc(Cl)cc2)cc1. The molecule has 3 aromatic rings. The minimum absolute atomic E-state index is 0.0344. The van der Waals surface area contributed by atoms with Gasteiger partial charge in [-0.3, -0.25) is 9.69 Å². The standard InChI is InChI=1S/C21H16ClNOS2/c1-14-4-10-17(11-5-14)23-20(24)19(13-18-3-2-12-25-18)26-21(23)15-6-8-16(22)9-7-15/h2-13,21H,1H3/b19-13+/t21-/m0/s1. The largest absolute Gasteiger partial charge is 0.291 e. The Morgan fingerprint density at radius 1 is 1.04 bits per heavy atom. The highest BCUT2D eigenvalue weighted by molar-refractivity contribution is 8.05. The van der Waals surface area contributed by atoms with Gasteiger partial charge in [-0.05, 0) is 54.3 Å². The smallest absolute Gasteiger partial charge is 0.266 e. The molecule has 2 heterocycles. The lowest BCUT2D eigenvalue weighted by atomic mass is 10.1. The van der Waals surface area contributed by atoms with E-state index in [-0.39, 0.29) is 11.3 Å². The first-order chi connectivity index (χ1) is 12.6. The number of amides is 1. The quantitative estimate of drug-likeness (QED) is 0.468. The highest BCUT2D eigenvalue weighted by Gasteiger charge is 2.38. The van der Waals surface area contributed by atoms with Gasteiger partial charge in [0.2, 0.25) is 0 Å². The second kappa shape index (κ2) is 7.31. The Morgan fingerprint density at radius 3 is 2.42 bits per heavy atom. The number of thiophene rings is 1. The third-order valence-corrected chi connectivity index (χ3v) is 6.51. The van der Waals surface area contributed by atoms with Gasteiger partial charge in [0.25, 0.3) is 5.91 Å². The van der Waals surface area contributed by atoms with Gasteiger partial charge < -0.3 is 0 Å². The normalized spacial score (nSPS) is 18.7. The zero-order chi connectivity index (χ0) is 18.1. The summed E-state index contributed by atoms with van der Waals surface area (Å²) in [5.41, 5.74) is 3.14. The number of thioether (sulfide) groups is 1. The minimum atomic E-state index is -0.103. The molecule has 130 valence electrons. The van der Waals surface area contributed by atoms with Crippen molar-refractivity contribution in [3.8, 4) is 0 Å². The average Bonchev–Trinajstić information content (AvgIpc) is 3.26. The summed E-state index contributed by atoms with van der Waals surface area (Å²) in [5, 5.41) is 2.61. The molecule has 0 aliphatic carbocycles. The molecule has 2 nitrogen and oxygen atoms in total. The molecule has 1 saturated heterocycles. The molecule has 0 bridgehead atoms. The van der Waals surface area contributed by atoms with Gasteiger partial charge >= 0.3 is 0 Å². The monoisotopic (exact) mass is 397 g/mol. The van der Waals surface area contributed by atoms with Crippen molar-refractivity contribution < 1.29 is 4.79 Å². The van der Waals surface area contributed by atoms with Crippen LogP contribution in [0.25, 0.3) is 6.08 Å². The Kier molecular flexibility index (Phi) is 4.90. The third-order valence-electron chi connectivity index (χ3n) is 4.19. The highest BCUT2D eigenvalue weighted by atomic mass is 35.5. The Morgan fingerprint density at radius 2 is 1.77 bits per heavy atom. The van der Waals surface area contributed by atoms with Crippen LogP contribution in [-0.2, 0) is 4.79 Å². The van der Waals surface area contributed by atoms with Crippen molar-refractivity contribution in [2.75, 3.05) is 4.90 Å². The van der Waals surface area contributed by atoms with Crippen LogP contribution in [0, 0.1) is 6.92 Å². The summed E-state index contributed by atoms with van der Waals surface area (Å²) in [6, 6.07) is 19.8. The van der Waals surface area contributed by atoms with E-state index in [4.69, 9.17) is 11.6 Å². The van der Waals surface area contributed by atoms with Crippen LogP contribution in [-0.4, -0.2) is 5.91 Å². The molecule has 4 rings (SSSR count). The van der Waals surface area contributed by atoms with Crippen LogP contribution in [0.5, 0.6) is 0 Å². The summed E-state index contributed by atoms with van der Waals surface area (Å²) < 4.78 is 0. The first-order valence-corrected chi connectivity index (χ1v) is 10.3. The number of halogens is 1. The van der Waals surface area contributed by atoms with Crippen LogP contribution in [0.15, 0.2) is 70.9 Å². The van der Waals surface area contributed by atoms with E-state index in [9.17, 15) is 4.79 Å². The van der Waals surface area contributed by atoms with Crippen LogP contribution < -0.4 is 4.90 Å². The van der Waals surface area contributed by atoms with Gasteiger partial charge in [-0.25, -0.2) is 0 Å². The van der Waals surface area contributed by atoms with Crippen molar-refractivity contribution in [1.29, 1.82) is 0 Å². The lowest BCUT2D eigenvalue weighted by Crippen LogP contribution is -2.27. The number of benzene rings is 2. The molecule has 1 aliphatic heterocycles. The lowest BCUT2D eigenvalue weighted by molar-refractivity contribution is -0.114. The molecular weight excluding hydrogens is 382 g/mol. The molecule has 0 spiro atoms. The fourth-order valence-corrected chi connectivity index (χ4v) is 4.96. The van der Waals surface area contributed by atoms with E-state index in [0.29, 0.717) is 5.02 Å². The molecule has 26 heavy (non-hydrogen) atoms. The van der Waals surface area contributed by atoms with Crippen LogP contribution >= 0.6 is 34.7 Å². The molecule has 1 atom stereocenters. The second-order valence-electron chi connectivity index (χ2n) is 6.06. The fraction of sp³-hybridized carbons (Fsp3) is 0.0952. The number of nitrogens with zero attached hydrogens (tertiary/aromatic N) is 1. The number of anilines is 1. The number of rotatable bonds is 3. The topological polar surface area (TPSA) is 20.3 Å². The second-order valence-corrected chi connectivity index (χ2v) is 8.59. The molecule has 0 radical (unpaired) electrons. The average molecular weight is 398 g/mol. The van der Waals surface area contributed by atoms with Gasteiger partial charge in [-0.15, -0.1) is 11.3 Å². The van der Waals surface area contributed by atoms with E-state index in [1.54, 1.807) is 23.1 Å².